The van der Waals surface area contributed by atoms with Crippen LogP contribution in [0.1, 0.15) is 24.2 Å². The van der Waals surface area contributed by atoms with Crippen molar-refractivity contribution in [3.8, 4) is 5.75 Å². The molecule has 0 amide bonds. The number of anilines is 1. The molecule has 0 bridgehead atoms. The molecule has 3 heteroatoms. The van der Waals surface area contributed by atoms with Crippen LogP contribution in [0.3, 0.4) is 0 Å². The highest BCUT2D eigenvalue weighted by molar-refractivity contribution is 5.80. The lowest BCUT2D eigenvalue weighted by Gasteiger charge is -2.23. The smallest absolute Gasteiger partial charge is 0.153 e. The number of rotatable bonds is 3. The van der Waals surface area contributed by atoms with E-state index in [4.69, 9.17) is 0 Å². The van der Waals surface area contributed by atoms with Crippen molar-refractivity contribution in [3.05, 3.63) is 23.8 Å². The molecule has 0 aliphatic carbocycles. The number of hydrogen-bond acceptors (Lipinski definition) is 3. The summed E-state index contributed by atoms with van der Waals surface area (Å²) in [6, 6.07) is 5.40. The van der Waals surface area contributed by atoms with E-state index in [2.05, 4.69) is 13.8 Å². The maximum atomic E-state index is 10.5. The largest absolute Gasteiger partial charge is 0.507 e. The number of aldehydes is 1. The van der Waals surface area contributed by atoms with Crippen LogP contribution in [-0.4, -0.2) is 24.5 Å². The number of carbonyl (C=O) groups excluding carboxylic acids is 1. The van der Waals surface area contributed by atoms with Crippen LogP contribution in [-0.2, 0) is 0 Å². The number of phenolic OH excluding ortho intramolecular Hbond substituents is 1. The molecule has 0 unspecified atom stereocenters. The maximum absolute atomic E-state index is 10.5. The lowest BCUT2D eigenvalue weighted by Crippen LogP contribution is -2.25. The van der Waals surface area contributed by atoms with E-state index < -0.39 is 0 Å². The second-order valence-corrected chi connectivity index (χ2v) is 3.57. The first kappa shape index (κ1) is 10.6. The van der Waals surface area contributed by atoms with E-state index in [0.717, 1.165) is 5.69 Å². The van der Waals surface area contributed by atoms with Gasteiger partial charge in [-0.2, -0.15) is 0 Å². The Morgan fingerprint density at radius 3 is 2.50 bits per heavy atom. The first-order valence-electron chi connectivity index (χ1n) is 4.57. The SMILES string of the molecule is CC(C)N(C)c1ccc(C=O)c(O)c1. The minimum absolute atomic E-state index is 0.0324. The van der Waals surface area contributed by atoms with Gasteiger partial charge in [0.05, 0.1) is 5.56 Å². The number of carbonyl (C=O) groups is 1. The van der Waals surface area contributed by atoms with Gasteiger partial charge in [0.25, 0.3) is 0 Å². The van der Waals surface area contributed by atoms with Crippen molar-refractivity contribution < 1.29 is 9.90 Å². The highest BCUT2D eigenvalue weighted by Crippen LogP contribution is 2.23. The molecule has 0 aliphatic rings. The summed E-state index contributed by atoms with van der Waals surface area (Å²) in [7, 11) is 1.94. The molecule has 0 radical (unpaired) electrons. The number of nitrogens with zero attached hydrogens (tertiary/aromatic N) is 1. The molecule has 76 valence electrons. The van der Waals surface area contributed by atoms with Crippen LogP contribution in [0.4, 0.5) is 5.69 Å². The fourth-order valence-electron chi connectivity index (χ4n) is 1.15. The zero-order valence-corrected chi connectivity index (χ0v) is 8.69. The van der Waals surface area contributed by atoms with Gasteiger partial charge in [-0.15, -0.1) is 0 Å². The molecular formula is C11H15NO2. The van der Waals surface area contributed by atoms with E-state index in [1.165, 1.54) is 0 Å². The van der Waals surface area contributed by atoms with Crippen molar-refractivity contribution in [2.75, 3.05) is 11.9 Å². The van der Waals surface area contributed by atoms with E-state index in [-0.39, 0.29) is 5.75 Å². The molecule has 0 fully saturated rings. The van der Waals surface area contributed by atoms with Gasteiger partial charge < -0.3 is 10.0 Å². The number of phenols is 1. The average molecular weight is 193 g/mol. The first-order chi connectivity index (χ1) is 6.56. The van der Waals surface area contributed by atoms with E-state index in [1.54, 1.807) is 12.1 Å². The van der Waals surface area contributed by atoms with Gasteiger partial charge in [0, 0.05) is 24.8 Å². The van der Waals surface area contributed by atoms with Crippen molar-refractivity contribution in [2.24, 2.45) is 0 Å². The Morgan fingerprint density at radius 1 is 1.43 bits per heavy atom. The van der Waals surface area contributed by atoms with Crippen molar-refractivity contribution in [2.45, 2.75) is 19.9 Å². The Labute approximate surface area is 84.0 Å². The van der Waals surface area contributed by atoms with Crippen molar-refractivity contribution in [1.29, 1.82) is 0 Å². The van der Waals surface area contributed by atoms with Crippen LogP contribution in [0.15, 0.2) is 18.2 Å². The standard InChI is InChI=1S/C11H15NO2/c1-8(2)12(3)10-5-4-9(7-13)11(14)6-10/h4-8,14H,1-3H3. The predicted octanol–water partition coefficient (Wildman–Crippen LogP) is 2.05. The van der Waals surface area contributed by atoms with Crippen LogP contribution < -0.4 is 4.90 Å². The molecule has 0 saturated heterocycles. The number of benzene rings is 1. The predicted molar refractivity (Wildman–Crippen MR) is 57.0 cm³/mol. The summed E-state index contributed by atoms with van der Waals surface area (Å²) >= 11 is 0. The van der Waals surface area contributed by atoms with Crippen molar-refractivity contribution in [1.82, 2.24) is 0 Å². The molecule has 0 aliphatic heterocycles. The summed E-state index contributed by atoms with van der Waals surface area (Å²) in [6.07, 6.45) is 0.647. The van der Waals surface area contributed by atoms with Gasteiger partial charge >= 0.3 is 0 Å². The maximum Gasteiger partial charge on any atom is 0.153 e. The average Bonchev–Trinajstić information content (AvgIpc) is 2.16. The van der Waals surface area contributed by atoms with E-state index >= 15 is 0 Å². The Balaban J connectivity index is 3.02. The molecule has 0 aromatic heterocycles. The molecule has 0 saturated carbocycles. The molecule has 1 aromatic carbocycles. The van der Waals surface area contributed by atoms with Crippen molar-refractivity contribution in [3.63, 3.8) is 0 Å². The Morgan fingerprint density at radius 2 is 2.07 bits per heavy atom. The first-order valence-corrected chi connectivity index (χ1v) is 4.57. The summed E-state index contributed by atoms with van der Waals surface area (Å²) in [5.74, 6) is 0.0324. The van der Waals surface area contributed by atoms with Gasteiger partial charge in [-0.05, 0) is 26.0 Å². The quantitative estimate of drug-likeness (QED) is 0.747. The zero-order chi connectivity index (χ0) is 10.7. The topological polar surface area (TPSA) is 40.5 Å². The minimum Gasteiger partial charge on any atom is -0.507 e. The Hall–Kier alpha value is -1.51. The fourth-order valence-corrected chi connectivity index (χ4v) is 1.15. The third-order valence-corrected chi connectivity index (χ3v) is 2.32. The van der Waals surface area contributed by atoms with Crippen LogP contribution in [0.5, 0.6) is 5.75 Å². The van der Waals surface area contributed by atoms with Crippen LogP contribution >= 0.6 is 0 Å². The third kappa shape index (κ3) is 2.05. The van der Waals surface area contributed by atoms with E-state index in [0.29, 0.717) is 17.9 Å². The third-order valence-electron chi connectivity index (χ3n) is 2.32. The molecule has 14 heavy (non-hydrogen) atoms. The van der Waals surface area contributed by atoms with Crippen LogP contribution in [0, 0.1) is 0 Å². The Kier molecular flexibility index (Phi) is 3.12. The highest BCUT2D eigenvalue weighted by atomic mass is 16.3. The molecule has 0 atom stereocenters. The van der Waals surface area contributed by atoms with E-state index in [9.17, 15) is 9.90 Å². The number of hydrogen-bond donors (Lipinski definition) is 1. The minimum atomic E-state index is 0.0324. The fraction of sp³-hybridized carbons (Fsp3) is 0.364. The summed E-state index contributed by atoms with van der Waals surface area (Å²) in [4.78, 5) is 12.5. The van der Waals surface area contributed by atoms with Crippen LogP contribution in [0.25, 0.3) is 0 Å². The number of aromatic hydroxyl groups is 1. The van der Waals surface area contributed by atoms with Crippen molar-refractivity contribution >= 4 is 12.0 Å². The molecule has 0 heterocycles. The molecule has 3 nitrogen and oxygen atoms in total. The lowest BCUT2D eigenvalue weighted by molar-refractivity contribution is 0.112. The summed E-state index contributed by atoms with van der Waals surface area (Å²) in [6.45, 7) is 4.12. The van der Waals surface area contributed by atoms with Gasteiger partial charge in [-0.25, -0.2) is 0 Å². The van der Waals surface area contributed by atoms with E-state index in [1.807, 2.05) is 18.0 Å². The molecular weight excluding hydrogens is 178 g/mol. The summed E-state index contributed by atoms with van der Waals surface area (Å²) in [5.41, 5.74) is 1.23. The lowest BCUT2D eigenvalue weighted by atomic mass is 10.1. The van der Waals surface area contributed by atoms with Gasteiger partial charge in [-0.3, -0.25) is 4.79 Å². The molecule has 1 N–H and O–H groups in total. The highest BCUT2D eigenvalue weighted by Gasteiger charge is 2.07. The second kappa shape index (κ2) is 4.13. The van der Waals surface area contributed by atoms with Gasteiger partial charge in [0.2, 0.25) is 0 Å². The van der Waals surface area contributed by atoms with Gasteiger partial charge in [0.1, 0.15) is 5.75 Å². The normalized spacial score (nSPS) is 10.3. The molecule has 0 spiro atoms. The Bertz CT molecular complexity index is 334. The van der Waals surface area contributed by atoms with Gasteiger partial charge in [-0.1, -0.05) is 0 Å². The summed E-state index contributed by atoms with van der Waals surface area (Å²) < 4.78 is 0. The van der Waals surface area contributed by atoms with Crippen LogP contribution in [0.2, 0.25) is 0 Å². The molecule has 1 aromatic rings. The molecule has 1 rings (SSSR count). The summed E-state index contributed by atoms with van der Waals surface area (Å²) in [5, 5.41) is 9.46. The zero-order valence-electron chi connectivity index (χ0n) is 8.69. The monoisotopic (exact) mass is 193 g/mol. The van der Waals surface area contributed by atoms with Gasteiger partial charge in [0.15, 0.2) is 6.29 Å². The second-order valence-electron chi connectivity index (χ2n) is 3.57.